The topological polar surface area (TPSA) is 224 Å². The van der Waals surface area contributed by atoms with Gasteiger partial charge in [0.1, 0.15) is 49.1 Å². The van der Waals surface area contributed by atoms with E-state index >= 15 is 0 Å². The first-order valence-electron chi connectivity index (χ1n) is 26.1. The SMILES string of the molecule is O=C(OC[C@H]1O[C@@H](O[C@H]2[C@H](OC(=O)c3ccccc3)[C@@H](OC(=O)c3ccccc3)[C@H](Oc3ccc(OCCCCl)cc3)O[C@@H]2COC(=O)c2ccccc2)[C@H](OC(=O)c2ccccc2)[C@@H](OC(=O)c2ccccc2)[C@H]1O)c1ccccc1. The Hall–Kier alpha value is -8.91. The highest BCUT2D eigenvalue weighted by Crippen LogP contribution is 2.37. The van der Waals surface area contributed by atoms with Crippen LogP contribution >= 0.6 is 11.6 Å². The predicted octanol–water partition coefficient (Wildman–Crippen LogP) is 8.89. The predicted molar refractivity (Wildman–Crippen MR) is 292 cm³/mol. The molecule has 7 aromatic rings. The second-order valence-electron chi connectivity index (χ2n) is 18.5. The van der Waals surface area contributed by atoms with E-state index < -0.39 is 110 Å². The summed E-state index contributed by atoms with van der Waals surface area (Å²) in [4.78, 5) is 84.8. The maximum Gasteiger partial charge on any atom is 0.338 e. The molecule has 0 aromatic heterocycles. The number of ether oxygens (including phenoxy) is 11. The largest absolute Gasteiger partial charge is 0.494 e. The number of aliphatic hydroxyl groups excluding tert-OH is 1. The summed E-state index contributed by atoms with van der Waals surface area (Å²) < 4.78 is 69.0. The summed E-state index contributed by atoms with van der Waals surface area (Å²) in [6, 6.07) is 53.5. The highest BCUT2D eigenvalue weighted by molar-refractivity contribution is 6.17. The van der Waals surface area contributed by atoms with Crippen LogP contribution < -0.4 is 9.47 Å². The first-order chi connectivity index (χ1) is 40.0. The van der Waals surface area contributed by atoms with Gasteiger partial charge in [0.15, 0.2) is 24.6 Å². The molecule has 10 atom stereocenters. The van der Waals surface area contributed by atoms with Gasteiger partial charge in [0.2, 0.25) is 12.4 Å². The van der Waals surface area contributed by atoms with Crippen molar-refractivity contribution in [3.63, 3.8) is 0 Å². The molecule has 0 bridgehead atoms. The maximum atomic E-state index is 14.6. The molecule has 19 heteroatoms. The van der Waals surface area contributed by atoms with E-state index in [4.69, 9.17) is 63.7 Å². The fourth-order valence-electron chi connectivity index (χ4n) is 8.77. The van der Waals surface area contributed by atoms with Crippen molar-refractivity contribution in [3.05, 3.63) is 240 Å². The number of aliphatic hydroxyl groups is 1. The molecule has 7 aromatic carbocycles. The molecule has 2 aliphatic rings. The minimum Gasteiger partial charge on any atom is -0.494 e. The summed E-state index contributed by atoms with van der Waals surface area (Å²) in [6.45, 7) is -1.07. The van der Waals surface area contributed by atoms with E-state index in [-0.39, 0.29) is 39.1 Å². The van der Waals surface area contributed by atoms with Gasteiger partial charge in [-0.25, -0.2) is 28.8 Å². The van der Waals surface area contributed by atoms with E-state index in [9.17, 15) is 33.9 Å². The molecule has 2 heterocycles. The number of carbonyl (C=O) groups is 6. The highest BCUT2D eigenvalue weighted by atomic mass is 35.5. The molecule has 2 saturated heterocycles. The zero-order chi connectivity index (χ0) is 57.2. The summed E-state index contributed by atoms with van der Waals surface area (Å²) in [5.41, 5.74) is 0.457. The minimum atomic E-state index is -2.02. The summed E-state index contributed by atoms with van der Waals surface area (Å²) in [7, 11) is 0. The Kier molecular flexibility index (Phi) is 20.1. The molecule has 0 radical (unpaired) electrons. The molecule has 9 rings (SSSR count). The van der Waals surface area contributed by atoms with E-state index in [1.165, 1.54) is 72.8 Å². The normalized spacial score (nSPS) is 22.0. The molecule has 18 nitrogen and oxygen atoms in total. The Labute approximate surface area is 476 Å². The second kappa shape index (κ2) is 28.5. The third kappa shape index (κ3) is 15.1. The zero-order valence-electron chi connectivity index (χ0n) is 43.7. The van der Waals surface area contributed by atoms with Crippen LogP contribution in [0.5, 0.6) is 11.5 Å². The summed E-state index contributed by atoms with van der Waals surface area (Å²) in [5, 5.41) is 12.3. The summed E-state index contributed by atoms with van der Waals surface area (Å²) >= 11 is 5.88. The maximum absolute atomic E-state index is 14.6. The monoisotopic (exact) mass is 1130 g/mol. The Morgan fingerprint density at radius 1 is 0.390 bits per heavy atom. The molecule has 0 unspecified atom stereocenters. The molecule has 2 fully saturated rings. The van der Waals surface area contributed by atoms with Crippen molar-refractivity contribution in [2.24, 2.45) is 0 Å². The van der Waals surface area contributed by atoms with Crippen molar-refractivity contribution in [3.8, 4) is 11.5 Å². The van der Waals surface area contributed by atoms with Gasteiger partial charge in [-0.05, 0) is 103 Å². The number of hydrogen-bond acceptors (Lipinski definition) is 18. The van der Waals surface area contributed by atoms with Crippen LogP contribution in [0, 0.1) is 0 Å². The molecule has 2 aliphatic heterocycles. The Bertz CT molecular complexity index is 3200. The van der Waals surface area contributed by atoms with Gasteiger partial charge in [-0.15, -0.1) is 11.6 Å². The van der Waals surface area contributed by atoms with Gasteiger partial charge < -0.3 is 57.2 Å². The van der Waals surface area contributed by atoms with Crippen LogP contribution in [0.4, 0.5) is 0 Å². The van der Waals surface area contributed by atoms with Crippen molar-refractivity contribution in [2.45, 2.75) is 67.8 Å². The van der Waals surface area contributed by atoms with Gasteiger partial charge in [0.05, 0.1) is 40.0 Å². The lowest BCUT2D eigenvalue weighted by molar-refractivity contribution is -0.349. The van der Waals surface area contributed by atoms with E-state index in [1.54, 1.807) is 133 Å². The van der Waals surface area contributed by atoms with Crippen LogP contribution in [0.15, 0.2) is 206 Å². The zero-order valence-corrected chi connectivity index (χ0v) is 44.5. The molecule has 0 spiro atoms. The molecular formula is C63H55ClO18. The van der Waals surface area contributed by atoms with Crippen molar-refractivity contribution >= 4 is 47.4 Å². The highest BCUT2D eigenvalue weighted by Gasteiger charge is 2.58. The van der Waals surface area contributed by atoms with Gasteiger partial charge in [0, 0.05) is 5.88 Å². The van der Waals surface area contributed by atoms with Crippen LogP contribution in [-0.2, 0) is 42.6 Å². The fraction of sp³-hybridized carbons (Fsp3) is 0.238. The van der Waals surface area contributed by atoms with E-state index in [0.29, 0.717) is 24.7 Å². The third-order valence-electron chi connectivity index (χ3n) is 12.9. The van der Waals surface area contributed by atoms with Crippen LogP contribution in [-0.4, -0.2) is 128 Å². The standard InChI is InChI=1S/C63H55ClO18/c64-36-19-37-72-46-32-34-47(35-33-46)75-62-55(81-61(71)45-30-17-6-18-31-45)53(79-59(69)43-26-13-4-14-27-43)51(49(77-62)39-74-57(67)41-22-9-2-10-23-41)82-63-54(80-60(70)44-28-15-5-16-29-44)52(78-58(68)42-24-11-3-12-25-42)50(65)48(76-63)38-73-56(66)40-20-7-1-8-21-40/h1-18,20-35,48-55,62-63,65H,19,36-39H2/t48-,49-,50+,51-,52+,53+,54-,55-,62-,63+/m1/s1. The van der Waals surface area contributed by atoms with Crippen molar-refractivity contribution in [1.29, 1.82) is 0 Å². The number of alkyl halides is 1. The summed E-state index contributed by atoms with van der Waals surface area (Å²) in [5.74, 6) is -4.50. The first-order valence-corrected chi connectivity index (χ1v) is 26.6. The average molecular weight is 1140 g/mol. The number of esters is 6. The van der Waals surface area contributed by atoms with Gasteiger partial charge in [0.25, 0.3) is 0 Å². The molecule has 1 N–H and O–H groups in total. The fourth-order valence-corrected chi connectivity index (χ4v) is 8.88. The summed E-state index contributed by atoms with van der Waals surface area (Å²) in [6.07, 6.45) is -17.6. The Morgan fingerprint density at radius 3 is 1.15 bits per heavy atom. The van der Waals surface area contributed by atoms with E-state index in [1.807, 2.05) is 0 Å². The van der Waals surface area contributed by atoms with Crippen molar-refractivity contribution in [2.75, 3.05) is 25.7 Å². The molecule has 0 aliphatic carbocycles. The lowest BCUT2D eigenvalue weighted by atomic mass is 9.95. The van der Waals surface area contributed by atoms with Gasteiger partial charge in [-0.2, -0.15) is 0 Å². The second-order valence-corrected chi connectivity index (χ2v) is 18.9. The average Bonchev–Trinajstić information content (AvgIpc) is 3.58. The molecule has 422 valence electrons. The first kappa shape index (κ1) is 57.8. The molecule has 0 saturated carbocycles. The van der Waals surface area contributed by atoms with E-state index in [2.05, 4.69) is 0 Å². The van der Waals surface area contributed by atoms with Crippen molar-refractivity contribution in [1.82, 2.24) is 0 Å². The van der Waals surface area contributed by atoms with E-state index in [0.717, 1.165) is 0 Å². The smallest absolute Gasteiger partial charge is 0.338 e. The molecule has 82 heavy (non-hydrogen) atoms. The number of hydrogen-bond donors (Lipinski definition) is 1. The Balaban J connectivity index is 1.17. The van der Waals surface area contributed by atoms with Crippen molar-refractivity contribution < 1.29 is 86.0 Å². The lowest BCUT2D eigenvalue weighted by Gasteiger charge is -2.48. The number of carbonyl (C=O) groups excluding carboxylic acids is 6. The quantitative estimate of drug-likeness (QED) is 0.0289. The van der Waals surface area contributed by atoms with Crippen LogP contribution in [0.2, 0.25) is 0 Å². The van der Waals surface area contributed by atoms with Gasteiger partial charge >= 0.3 is 35.8 Å². The van der Waals surface area contributed by atoms with Crippen LogP contribution in [0.3, 0.4) is 0 Å². The number of rotatable bonds is 22. The van der Waals surface area contributed by atoms with Gasteiger partial charge in [-0.1, -0.05) is 109 Å². The van der Waals surface area contributed by atoms with Gasteiger partial charge in [-0.3, -0.25) is 0 Å². The molecular weight excluding hydrogens is 1080 g/mol. The Morgan fingerprint density at radius 2 is 0.732 bits per heavy atom. The van der Waals surface area contributed by atoms with Crippen LogP contribution in [0.1, 0.15) is 68.6 Å². The lowest BCUT2D eigenvalue weighted by Crippen LogP contribution is -2.67. The number of benzene rings is 7. The number of halogens is 1. The minimum absolute atomic E-state index is 0.0203. The third-order valence-corrected chi connectivity index (χ3v) is 13.2. The van der Waals surface area contributed by atoms with Crippen LogP contribution in [0.25, 0.3) is 0 Å². The molecule has 0 amide bonds.